The molecular weight excluding hydrogens is 390 g/mol. The van der Waals surface area contributed by atoms with Crippen LogP contribution in [0.15, 0.2) is 36.4 Å². The first kappa shape index (κ1) is 21.2. The number of ether oxygens (including phenoxy) is 1. The first-order valence-electron chi connectivity index (χ1n) is 11.1. The third-order valence-electron chi connectivity index (χ3n) is 6.22. The van der Waals surface area contributed by atoms with Crippen LogP contribution in [0.4, 0.5) is 11.4 Å². The Bertz CT molecular complexity index is 996. The van der Waals surface area contributed by atoms with Gasteiger partial charge in [0.15, 0.2) is 6.10 Å². The molecule has 2 aromatic carbocycles. The van der Waals surface area contributed by atoms with Gasteiger partial charge in [0.25, 0.3) is 5.91 Å². The summed E-state index contributed by atoms with van der Waals surface area (Å²) in [5.74, 6) is 0.519. The molecule has 0 aromatic heterocycles. The molecule has 2 aromatic rings. The summed E-state index contributed by atoms with van der Waals surface area (Å²) in [5, 5.41) is 0. The van der Waals surface area contributed by atoms with Crippen LogP contribution in [0.25, 0.3) is 0 Å². The lowest BCUT2D eigenvalue weighted by atomic mass is 10.1. The van der Waals surface area contributed by atoms with Crippen molar-refractivity contribution in [2.24, 2.45) is 0 Å². The number of carbonyl (C=O) groups excluding carboxylic acids is 2. The van der Waals surface area contributed by atoms with Gasteiger partial charge in [-0.2, -0.15) is 0 Å². The molecule has 2 amide bonds. The van der Waals surface area contributed by atoms with Crippen molar-refractivity contribution >= 4 is 23.2 Å². The fourth-order valence-electron chi connectivity index (χ4n) is 4.35. The Hall–Kier alpha value is -3.02. The second kappa shape index (κ2) is 8.61. The molecular formula is C25H31N3O3. The van der Waals surface area contributed by atoms with E-state index in [1.807, 2.05) is 36.9 Å². The number of fused-ring (bicyclic) bond motifs is 1. The highest BCUT2D eigenvalue weighted by Crippen LogP contribution is 2.35. The van der Waals surface area contributed by atoms with Gasteiger partial charge in [-0.25, -0.2) is 0 Å². The van der Waals surface area contributed by atoms with Crippen LogP contribution < -0.4 is 14.5 Å². The largest absolute Gasteiger partial charge is 0.478 e. The van der Waals surface area contributed by atoms with Gasteiger partial charge in [-0.3, -0.25) is 14.5 Å². The summed E-state index contributed by atoms with van der Waals surface area (Å²) in [6.07, 6.45) is 0.0369. The number of amides is 2. The fraction of sp³-hybridized carbons (Fsp3) is 0.440. The van der Waals surface area contributed by atoms with E-state index >= 15 is 0 Å². The number of anilines is 2. The van der Waals surface area contributed by atoms with Gasteiger partial charge in [0, 0.05) is 31.9 Å². The molecule has 1 fully saturated rings. The van der Waals surface area contributed by atoms with Crippen molar-refractivity contribution in [2.75, 3.05) is 42.5 Å². The van der Waals surface area contributed by atoms with Gasteiger partial charge in [-0.05, 0) is 62.1 Å². The van der Waals surface area contributed by atoms with Crippen LogP contribution in [0.3, 0.4) is 0 Å². The molecule has 1 atom stereocenters. The lowest BCUT2D eigenvalue weighted by Crippen LogP contribution is -2.54. The molecule has 2 aliphatic rings. The minimum Gasteiger partial charge on any atom is -0.478 e. The second-order valence-electron chi connectivity index (χ2n) is 8.57. The fourth-order valence-corrected chi connectivity index (χ4v) is 4.35. The minimum absolute atomic E-state index is 0.0156. The number of aryl methyl sites for hydroxylation is 3. The standard InChI is InChI=1S/C25H31N3O3/c1-5-22-25(30)28(21-15-18(3)7-9-23(21)31-22)16-24(29)27-12-10-26(11-13-27)20-14-17(2)6-8-19(20)4/h6-9,14-15,22H,5,10-13,16H2,1-4H3/t22-/m0/s1. The number of benzene rings is 2. The summed E-state index contributed by atoms with van der Waals surface area (Å²) in [7, 11) is 0. The van der Waals surface area contributed by atoms with E-state index in [1.54, 1.807) is 4.90 Å². The lowest BCUT2D eigenvalue weighted by molar-refractivity contribution is -0.133. The highest BCUT2D eigenvalue weighted by atomic mass is 16.5. The number of nitrogens with zero attached hydrogens (tertiary/aromatic N) is 3. The quantitative estimate of drug-likeness (QED) is 0.759. The molecule has 1 saturated heterocycles. The lowest BCUT2D eigenvalue weighted by Gasteiger charge is -2.39. The van der Waals surface area contributed by atoms with Crippen LogP contribution in [0.2, 0.25) is 0 Å². The topological polar surface area (TPSA) is 53.1 Å². The van der Waals surface area contributed by atoms with E-state index in [1.165, 1.54) is 16.8 Å². The molecule has 2 heterocycles. The summed E-state index contributed by atoms with van der Waals surface area (Å²) in [5.41, 5.74) is 5.46. The maximum atomic E-state index is 13.1. The Morgan fingerprint density at radius 2 is 1.61 bits per heavy atom. The number of piperazine rings is 1. The number of rotatable bonds is 4. The van der Waals surface area contributed by atoms with Crippen molar-refractivity contribution in [3.8, 4) is 5.75 Å². The van der Waals surface area contributed by atoms with E-state index in [9.17, 15) is 9.59 Å². The third kappa shape index (κ3) is 4.24. The maximum absolute atomic E-state index is 13.1. The van der Waals surface area contributed by atoms with E-state index in [-0.39, 0.29) is 18.4 Å². The van der Waals surface area contributed by atoms with Crippen molar-refractivity contribution in [3.63, 3.8) is 0 Å². The molecule has 31 heavy (non-hydrogen) atoms. The van der Waals surface area contributed by atoms with Crippen molar-refractivity contribution in [2.45, 2.75) is 40.2 Å². The zero-order chi connectivity index (χ0) is 22.1. The third-order valence-corrected chi connectivity index (χ3v) is 6.22. The molecule has 2 aliphatic heterocycles. The number of hydrogen-bond donors (Lipinski definition) is 0. The van der Waals surface area contributed by atoms with Gasteiger partial charge >= 0.3 is 0 Å². The molecule has 0 spiro atoms. The summed E-state index contributed by atoms with van der Waals surface area (Å²) in [4.78, 5) is 31.9. The highest BCUT2D eigenvalue weighted by Gasteiger charge is 2.35. The van der Waals surface area contributed by atoms with E-state index in [4.69, 9.17) is 4.74 Å². The smallest absolute Gasteiger partial charge is 0.268 e. The van der Waals surface area contributed by atoms with Gasteiger partial charge in [0.2, 0.25) is 5.91 Å². The Morgan fingerprint density at radius 1 is 0.968 bits per heavy atom. The average Bonchev–Trinajstić information content (AvgIpc) is 2.77. The van der Waals surface area contributed by atoms with Crippen LogP contribution in [0, 0.1) is 20.8 Å². The minimum atomic E-state index is -0.538. The zero-order valence-electron chi connectivity index (χ0n) is 18.9. The zero-order valence-corrected chi connectivity index (χ0v) is 18.9. The van der Waals surface area contributed by atoms with Gasteiger partial charge in [0.1, 0.15) is 12.3 Å². The number of carbonyl (C=O) groups is 2. The highest BCUT2D eigenvalue weighted by molar-refractivity contribution is 6.04. The second-order valence-corrected chi connectivity index (χ2v) is 8.57. The predicted octanol–water partition coefficient (Wildman–Crippen LogP) is 3.46. The van der Waals surface area contributed by atoms with E-state index in [0.29, 0.717) is 30.9 Å². The molecule has 4 rings (SSSR count). The summed E-state index contributed by atoms with van der Waals surface area (Å²) < 4.78 is 5.87. The van der Waals surface area contributed by atoms with Crippen LogP contribution in [-0.2, 0) is 9.59 Å². The molecule has 6 nitrogen and oxygen atoms in total. The molecule has 6 heteroatoms. The Morgan fingerprint density at radius 3 is 2.29 bits per heavy atom. The maximum Gasteiger partial charge on any atom is 0.268 e. The van der Waals surface area contributed by atoms with Crippen molar-refractivity contribution in [1.29, 1.82) is 0 Å². The SMILES string of the molecule is CC[C@@H]1Oc2ccc(C)cc2N(CC(=O)N2CCN(c3cc(C)ccc3C)CC2)C1=O. The Labute approximate surface area is 184 Å². The molecule has 164 valence electrons. The molecule has 0 aliphatic carbocycles. The van der Waals surface area contributed by atoms with Gasteiger partial charge in [-0.15, -0.1) is 0 Å². The Balaban J connectivity index is 1.46. The molecule has 0 unspecified atom stereocenters. The first-order valence-corrected chi connectivity index (χ1v) is 11.1. The normalized spacial score (nSPS) is 18.6. The van der Waals surface area contributed by atoms with Crippen LogP contribution in [-0.4, -0.2) is 55.5 Å². The van der Waals surface area contributed by atoms with Crippen molar-refractivity contribution in [3.05, 3.63) is 53.1 Å². The van der Waals surface area contributed by atoms with E-state index < -0.39 is 6.10 Å². The van der Waals surface area contributed by atoms with E-state index in [0.717, 1.165) is 18.7 Å². The predicted molar refractivity (Wildman–Crippen MR) is 123 cm³/mol. The number of hydrogen-bond acceptors (Lipinski definition) is 4. The molecule has 0 saturated carbocycles. The van der Waals surface area contributed by atoms with Crippen molar-refractivity contribution < 1.29 is 14.3 Å². The molecule has 0 radical (unpaired) electrons. The molecule has 0 bridgehead atoms. The van der Waals surface area contributed by atoms with E-state index in [2.05, 4.69) is 36.9 Å². The van der Waals surface area contributed by atoms with Gasteiger partial charge in [-0.1, -0.05) is 25.1 Å². The summed E-state index contributed by atoms with van der Waals surface area (Å²) in [6, 6.07) is 12.3. The van der Waals surface area contributed by atoms with Gasteiger partial charge in [0.05, 0.1) is 5.69 Å². The van der Waals surface area contributed by atoms with Crippen LogP contribution >= 0.6 is 0 Å². The first-order chi connectivity index (χ1) is 14.9. The molecule has 0 N–H and O–H groups in total. The Kier molecular flexibility index (Phi) is 5.90. The van der Waals surface area contributed by atoms with Crippen LogP contribution in [0.5, 0.6) is 5.75 Å². The summed E-state index contributed by atoms with van der Waals surface area (Å²) in [6.45, 7) is 11.1. The van der Waals surface area contributed by atoms with Crippen molar-refractivity contribution in [1.82, 2.24) is 4.90 Å². The average molecular weight is 422 g/mol. The monoisotopic (exact) mass is 421 g/mol. The van der Waals surface area contributed by atoms with Crippen LogP contribution in [0.1, 0.15) is 30.0 Å². The van der Waals surface area contributed by atoms with Gasteiger partial charge < -0.3 is 14.5 Å². The summed E-state index contributed by atoms with van der Waals surface area (Å²) >= 11 is 0.